The molecule has 0 fully saturated rings. The first-order valence-corrected chi connectivity index (χ1v) is 6.22. The Morgan fingerprint density at radius 3 is 2.71 bits per heavy atom. The fourth-order valence-corrected chi connectivity index (χ4v) is 2.20. The third-order valence-electron chi connectivity index (χ3n) is 3.42. The predicted octanol–water partition coefficient (Wildman–Crippen LogP) is 2.98. The van der Waals surface area contributed by atoms with Gasteiger partial charge in [-0.25, -0.2) is 0 Å². The second-order valence-electron chi connectivity index (χ2n) is 4.93. The van der Waals surface area contributed by atoms with Crippen LogP contribution in [-0.4, -0.2) is 19.0 Å². The molecule has 1 N–H and O–H groups in total. The monoisotopic (exact) mass is 232 g/mol. The molecule has 1 amide bonds. The van der Waals surface area contributed by atoms with Gasteiger partial charge in [-0.3, -0.25) is 4.79 Å². The third kappa shape index (κ3) is 2.02. The quantitative estimate of drug-likeness (QED) is 0.850. The van der Waals surface area contributed by atoms with E-state index in [0.29, 0.717) is 5.92 Å². The zero-order valence-electron chi connectivity index (χ0n) is 10.9. The van der Waals surface area contributed by atoms with E-state index >= 15 is 0 Å². The van der Waals surface area contributed by atoms with Crippen molar-refractivity contribution >= 4 is 17.3 Å². The van der Waals surface area contributed by atoms with Crippen molar-refractivity contribution < 1.29 is 4.79 Å². The Labute approximate surface area is 103 Å². The van der Waals surface area contributed by atoms with Crippen LogP contribution in [-0.2, 0) is 4.79 Å². The summed E-state index contributed by atoms with van der Waals surface area (Å²) in [5.41, 5.74) is 3.35. The molecule has 0 spiro atoms. The van der Waals surface area contributed by atoms with E-state index in [1.807, 2.05) is 20.0 Å². The van der Waals surface area contributed by atoms with Crippen molar-refractivity contribution in [1.82, 2.24) is 0 Å². The molecule has 1 atom stereocenters. The first-order chi connectivity index (χ1) is 8.04. The SMILES string of the molecule is CCC1Nc2cc(C(C)C)ccc2N(C)C1=O. The molecular weight excluding hydrogens is 212 g/mol. The van der Waals surface area contributed by atoms with Gasteiger partial charge >= 0.3 is 0 Å². The number of rotatable bonds is 2. The van der Waals surface area contributed by atoms with Crippen molar-refractivity contribution in [3.05, 3.63) is 23.8 Å². The van der Waals surface area contributed by atoms with Gasteiger partial charge in [0, 0.05) is 7.05 Å². The molecule has 2 rings (SSSR count). The molecule has 17 heavy (non-hydrogen) atoms. The van der Waals surface area contributed by atoms with Crippen molar-refractivity contribution in [2.45, 2.75) is 39.2 Å². The number of nitrogens with one attached hydrogen (secondary N) is 1. The van der Waals surface area contributed by atoms with Gasteiger partial charge in [-0.2, -0.15) is 0 Å². The molecule has 1 aromatic rings. The molecule has 0 aliphatic carbocycles. The zero-order valence-corrected chi connectivity index (χ0v) is 10.9. The lowest BCUT2D eigenvalue weighted by molar-refractivity contribution is -0.119. The summed E-state index contributed by atoms with van der Waals surface area (Å²) in [4.78, 5) is 13.8. The molecule has 0 saturated heterocycles. The maximum Gasteiger partial charge on any atom is 0.249 e. The molecule has 3 nitrogen and oxygen atoms in total. The summed E-state index contributed by atoms with van der Waals surface area (Å²) in [5.74, 6) is 0.655. The van der Waals surface area contributed by atoms with Crippen LogP contribution in [0.25, 0.3) is 0 Å². The first-order valence-electron chi connectivity index (χ1n) is 6.22. The second-order valence-corrected chi connectivity index (χ2v) is 4.93. The molecule has 3 heteroatoms. The van der Waals surface area contributed by atoms with Crippen LogP contribution < -0.4 is 10.2 Å². The Morgan fingerprint density at radius 2 is 2.12 bits per heavy atom. The number of nitrogens with zero attached hydrogens (tertiary/aromatic N) is 1. The van der Waals surface area contributed by atoms with Gasteiger partial charge < -0.3 is 10.2 Å². The fraction of sp³-hybridized carbons (Fsp3) is 0.500. The highest BCUT2D eigenvalue weighted by Crippen LogP contribution is 2.33. The van der Waals surface area contributed by atoms with E-state index < -0.39 is 0 Å². The predicted molar refractivity (Wildman–Crippen MR) is 71.6 cm³/mol. The van der Waals surface area contributed by atoms with Crippen LogP contribution in [0.4, 0.5) is 11.4 Å². The Bertz CT molecular complexity index is 440. The zero-order chi connectivity index (χ0) is 12.6. The van der Waals surface area contributed by atoms with E-state index in [4.69, 9.17) is 0 Å². The number of likely N-dealkylation sites (N-methyl/N-ethyl adjacent to an activating group) is 1. The molecule has 1 aliphatic rings. The molecule has 1 aromatic carbocycles. The van der Waals surface area contributed by atoms with Crippen molar-refractivity contribution in [3.63, 3.8) is 0 Å². The highest BCUT2D eigenvalue weighted by molar-refractivity contribution is 6.04. The Kier molecular flexibility index (Phi) is 3.09. The van der Waals surface area contributed by atoms with E-state index in [2.05, 4.69) is 31.3 Å². The number of anilines is 2. The summed E-state index contributed by atoms with van der Waals surface area (Å²) in [6, 6.07) is 6.20. The van der Waals surface area contributed by atoms with Crippen LogP contribution in [0.5, 0.6) is 0 Å². The molecule has 1 aliphatic heterocycles. The minimum Gasteiger partial charge on any atom is -0.372 e. The summed E-state index contributed by atoms with van der Waals surface area (Å²) in [6.45, 7) is 6.38. The number of carbonyl (C=O) groups is 1. The lowest BCUT2D eigenvalue weighted by Gasteiger charge is -2.33. The van der Waals surface area contributed by atoms with E-state index in [0.717, 1.165) is 17.8 Å². The van der Waals surface area contributed by atoms with Crippen molar-refractivity contribution in [2.75, 3.05) is 17.3 Å². The van der Waals surface area contributed by atoms with E-state index in [1.165, 1.54) is 5.56 Å². The van der Waals surface area contributed by atoms with Crippen LogP contribution in [0, 0.1) is 0 Å². The highest BCUT2D eigenvalue weighted by Gasteiger charge is 2.28. The highest BCUT2D eigenvalue weighted by atomic mass is 16.2. The topological polar surface area (TPSA) is 32.3 Å². The minimum atomic E-state index is -0.0880. The number of hydrogen-bond donors (Lipinski definition) is 1. The average Bonchev–Trinajstić information content (AvgIpc) is 2.33. The third-order valence-corrected chi connectivity index (χ3v) is 3.42. The molecule has 1 unspecified atom stereocenters. The number of carbonyl (C=O) groups excluding carboxylic acids is 1. The number of benzene rings is 1. The largest absolute Gasteiger partial charge is 0.372 e. The molecule has 92 valence electrons. The van der Waals surface area contributed by atoms with Gasteiger partial charge in [0.2, 0.25) is 5.91 Å². The van der Waals surface area contributed by atoms with Crippen LogP contribution in [0.2, 0.25) is 0 Å². The van der Waals surface area contributed by atoms with E-state index in [1.54, 1.807) is 4.90 Å². The van der Waals surface area contributed by atoms with Gasteiger partial charge in [-0.05, 0) is 30.0 Å². The molecule has 0 aromatic heterocycles. The van der Waals surface area contributed by atoms with Crippen LogP contribution in [0.15, 0.2) is 18.2 Å². The summed E-state index contributed by atoms with van der Waals surface area (Å²) in [7, 11) is 1.85. The number of fused-ring (bicyclic) bond motifs is 1. The standard InChI is InChI=1S/C14H20N2O/c1-5-11-14(17)16(4)13-7-6-10(9(2)3)8-12(13)15-11/h6-9,11,15H,5H2,1-4H3. The van der Waals surface area contributed by atoms with Crippen molar-refractivity contribution in [2.24, 2.45) is 0 Å². The normalized spacial score (nSPS) is 19.2. The number of hydrogen-bond acceptors (Lipinski definition) is 2. The summed E-state index contributed by atoms with van der Waals surface area (Å²) in [5, 5.41) is 3.33. The molecule has 0 saturated carbocycles. The van der Waals surface area contributed by atoms with Gasteiger partial charge in [0.05, 0.1) is 11.4 Å². The summed E-state index contributed by atoms with van der Waals surface area (Å²) < 4.78 is 0. The lowest BCUT2D eigenvalue weighted by Crippen LogP contribution is -2.44. The van der Waals surface area contributed by atoms with E-state index in [9.17, 15) is 4.79 Å². The smallest absolute Gasteiger partial charge is 0.249 e. The maximum atomic E-state index is 12.0. The van der Waals surface area contributed by atoms with Gasteiger partial charge in [-0.1, -0.05) is 26.8 Å². The molecule has 0 radical (unpaired) electrons. The summed E-state index contributed by atoms with van der Waals surface area (Å²) in [6.07, 6.45) is 0.814. The van der Waals surface area contributed by atoms with Gasteiger partial charge in [0.1, 0.15) is 6.04 Å². The Hall–Kier alpha value is -1.51. The number of amides is 1. The molecule has 1 heterocycles. The Balaban J connectivity index is 2.42. The molecule has 0 bridgehead atoms. The fourth-order valence-electron chi connectivity index (χ4n) is 2.20. The first kappa shape index (κ1) is 12.0. The molecular formula is C14H20N2O. The van der Waals surface area contributed by atoms with Crippen LogP contribution >= 0.6 is 0 Å². The van der Waals surface area contributed by atoms with Crippen molar-refractivity contribution in [1.29, 1.82) is 0 Å². The lowest BCUT2D eigenvalue weighted by atomic mass is 9.99. The van der Waals surface area contributed by atoms with Crippen molar-refractivity contribution in [3.8, 4) is 0 Å². The van der Waals surface area contributed by atoms with Gasteiger partial charge in [0.25, 0.3) is 0 Å². The second kappa shape index (κ2) is 4.40. The van der Waals surface area contributed by atoms with Crippen LogP contribution in [0.1, 0.15) is 38.7 Å². The van der Waals surface area contributed by atoms with Crippen LogP contribution in [0.3, 0.4) is 0 Å². The van der Waals surface area contributed by atoms with E-state index in [-0.39, 0.29) is 11.9 Å². The minimum absolute atomic E-state index is 0.0880. The Morgan fingerprint density at radius 1 is 1.41 bits per heavy atom. The van der Waals surface area contributed by atoms with Gasteiger partial charge in [-0.15, -0.1) is 0 Å². The summed E-state index contributed by atoms with van der Waals surface area (Å²) >= 11 is 0. The van der Waals surface area contributed by atoms with Gasteiger partial charge in [0.15, 0.2) is 0 Å². The maximum absolute atomic E-state index is 12.0. The average molecular weight is 232 g/mol.